The lowest BCUT2D eigenvalue weighted by molar-refractivity contribution is -0.134. The Kier molecular flexibility index (Phi) is 11.7. The van der Waals surface area contributed by atoms with Gasteiger partial charge < -0.3 is 30.6 Å². The molecule has 1 aromatic carbocycles. The third-order valence-corrected chi connectivity index (χ3v) is 8.24. The second-order valence-corrected chi connectivity index (χ2v) is 11.4. The highest BCUT2D eigenvalue weighted by molar-refractivity contribution is 5.97. The first-order valence-corrected chi connectivity index (χ1v) is 15.4. The molecule has 0 unspecified atom stereocenters. The van der Waals surface area contributed by atoms with Crippen molar-refractivity contribution < 1.29 is 23.9 Å². The first-order chi connectivity index (χ1) is 20.8. The molecule has 13 nitrogen and oxygen atoms in total. The summed E-state index contributed by atoms with van der Waals surface area (Å²) in [6.45, 7) is 8.59. The Morgan fingerprint density at radius 1 is 0.977 bits per heavy atom. The number of morpholine rings is 1. The number of carbonyl (C=O) groups is 4. The molecule has 236 valence electrons. The maximum Gasteiger partial charge on any atom is 0.326 e. The summed E-state index contributed by atoms with van der Waals surface area (Å²) in [6, 6.07) is 4.40. The van der Waals surface area contributed by atoms with Crippen molar-refractivity contribution >= 4 is 34.7 Å². The number of ether oxygens (including phenoxy) is 1. The number of H-pyrrole nitrogens is 1. The number of nitrogens with one attached hydrogen (secondary N) is 4. The quantitative estimate of drug-likeness (QED) is 0.397. The Morgan fingerprint density at radius 3 is 2.47 bits per heavy atom. The Hall–Kier alpha value is -3.71. The number of aromatic nitrogens is 2. The van der Waals surface area contributed by atoms with Gasteiger partial charge in [0.05, 0.1) is 30.8 Å². The van der Waals surface area contributed by atoms with Crippen molar-refractivity contribution in [1.82, 2.24) is 35.3 Å². The van der Waals surface area contributed by atoms with Crippen molar-refractivity contribution in [1.29, 1.82) is 0 Å². The number of carbonyl (C=O) groups excluding carboxylic acids is 4. The molecule has 0 aliphatic carbocycles. The van der Waals surface area contributed by atoms with Crippen LogP contribution in [0.4, 0.5) is 0 Å². The number of imidazole rings is 1. The van der Waals surface area contributed by atoms with Crippen molar-refractivity contribution in [2.24, 2.45) is 5.92 Å². The molecule has 2 aliphatic rings. The van der Waals surface area contributed by atoms with Gasteiger partial charge in [0, 0.05) is 57.8 Å². The van der Waals surface area contributed by atoms with Gasteiger partial charge in [0.2, 0.25) is 17.7 Å². The summed E-state index contributed by atoms with van der Waals surface area (Å²) >= 11 is 0. The van der Waals surface area contributed by atoms with Crippen LogP contribution in [0.2, 0.25) is 0 Å². The van der Waals surface area contributed by atoms with Crippen molar-refractivity contribution in [3.05, 3.63) is 34.2 Å². The van der Waals surface area contributed by atoms with E-state index in [2.05, 4.69) is 25.8 Å². The summed E-state index contributed by atoms with van der Waals surface area (Å²) in [6.07, 6.45) is 2.38. The maximum atomic E-state index is 13.2. The first kappa shape index (κ1) is 32.2. The number of benzene rings is 1. The second-order valence-electron chi connectivity index (χ2n) is 11.4. The number of hydrogen-bond acceptors (Lipinski definition) is 7. The Morgan fingerprint density at radius 2 is 1.70 bits per heavy atom. The Labute approximate surface area is 251 Å². The van der Waals surface area contributed by atoms with Crippen molar-refractivity contribution in [3.63, 3.8) is 0 Å². The lowest BCUT2D eigenvalue weighted by atomic mass is 9.98. The highest BCUT2D eigenvalue weighted by Gasteiger charge is 2.26. The smallest absolute Gasteiger partial charge is 0.326 e. The topological polar surface area (TPSA) is 158 Å². The molecule has 0 radical (unpaired) electrons. The molecule has 1 saturated heterocycles. The molecule has 13 heteroatoms. The summed E-state index contributed by atoms with van der Waals surface area (Å²) in [4.78, 5) is 71.4. The van der Waals surface area contributed by atoms with Gasteiger partial charge in [0.1, 0.15) is 6.04 Å². The van der Waals surface area contributed by atoms with Gasteiger partial charge in [0.25, 0.3) is 5.91 Å². The normalized spacial score (nSPS) is 21.5. The van der Waals surface area contributed by atoms with Crippen LogP contribution in [0.1, 0.15) is 56.3 Å². The molecule has 43 heavy (non-hydrogen) atoms. The fourth-order valence-corrected chi connectivity index (χ4v) is 5.44. The molecule has 4 amide bonds. The fourth-order valence-electron chi connectivity index (χ4n) is 5.44. The molecule has 2 aromatic rings. The number of aromatic amines is 1. The van der Waals surface area contributed by atoms with Gasteiger partial charge in [-0.15, -0.1) is 0 Å². The van der Waals surface area contributed by atoms with E-state index in [-0.39, 0.29) is 48.2 Å². The number of fused-ring (bicyclic) bond motifs is 1. The van der Waals surface area contributed by atoms with Crippen LogP contribution in [-0.4, -0.2) is 108 Å². The summed E-state index contributed by atoms with van der Waals surface area (Å²) in [5.41, 5.74) is 1.38. The van der Waals surface area contributed by atoms with Crippen molar-refractivity contribution in [3.8, 4) is 0 Å². The SMILES string of the molecule is CC[C@H](C)[C@@H]1NC(=O)CCCN(C(=O)CN2CCOCC2)CCCNC(=O)c2ccc3[nH]c(=O)n(c3c2)CCCNC1=O. The van der Waals surface area contributed by atoms with E-state index in [0.29, 0.717) is 101 Å². The van der Waals surface area contributed by atoms with Crippen molar-refractivity contribution in [2.75, 3.05) is 59.0 Å². The maximum absolute atomic E-state index is 13.2. The number of amides is 4. The second kappa shape index (κ2) is 15.7. The predicted molar refractivity (Wildman–Crippen MR) is 162 cm³/mol. The average molecular weight is 600 g/mol. The Bertz CT molecular complexity index is 1330. The van der Waals surface area contributed by atoms with E-state index in [1.807, 2.05) is 13.8 Å². The Balaban J connectivity index is 1.51. The van der Waals surface area contributed by atoms with E-state index >= 15 is 0 Å². The molecule has 0 spiro atoms. The number of nitrogens with zero attached hydrogens (tertiary/aromatic N) is 3. The van der Waals surface area contributed by atoms with Crippen LogP contribution in [0.3, 0.4) is 0 Å². The lowest BCUT2D eigenvalue weighted by Gasteiger charge is -2.30. The van der Waals surface area contributed by atoms with Crippen molar-refractivity contribution in [2.45, 2.75) is 58.5 Å². The average Bonchev–Trinajstić information content (AvgIpc) is 3.32. The monoisotopic (exact) mass is 599 g/mol. The van der Waals surface area contributed by atoms with Crippen LogP contribution in [0.5, 0.6) is 0 Å². The van der Waals surface area contributed by atoms with E-state index < -0.39 is 6.04 Å². The van der Waals surface area contributed by atoms with Crippen LogP contribution >= 0.6 is 0 Å². The zero-order chi connectivity index (χ0) is 30.8. The molecule has 2 bridgehead atoms. The summed E-state index contributed by atoms with van der Waals surface area (Å²) in [5.74, 6) is -0.864. The fraction of sp³-hybridized carbons (Fsp3) is 0.633. The lowest BCUT2D eigenvalue weighted by Crippen LogP contribution is -2.50. The molecule has 1 aromatic heterocycles. The molecule has 0 saturated carbocycles. The molecule has 4 rings (SSSR count). The van der Waals surface area contributed by atoms with Gasteiger partial charge in [-0.2, -0.15) is 0 Å². The summed E-state index contributed by atoms with van der Waals surface area (Å²) in [7, 11) is 0. The van der Waals surface area contributed by atoms with E-state index in [4.69, 9.17) is 4.74 Å². The third-order valence-electron chi connectivity index (χ3n) is 8.24. The van der Waals surface area contributed by atoms with Crippen LogP contribution in [0.25, 0.3) is 11.0 Å². The van der Waals surface area contributed by atoms with Crippen LogP contribution in [-0.2, 0) is 25.7 Å². The van der Waals surface area contributed by atoms with E-state index in [9.17, 15) is 24.0 Å². The summed E-state index contributed by atoms with van der Waals surface area (Å²) in [5, 5.41) is 8.73. The van der Waals surface area contributed by atoms with Gasteiger partial charge >= 0.3 is 5.69 Å². The highest BCUT2D eigenvalue weighted by Crippen LogP contribution is 2.14. The summed E-state index contributed by atoms with van der Waals surface area (Å²) < 4.78 is 6.96. The number of aryl methyl sites for hydroxylation is 1. The molecule has 2 aliphatic heterocycles. The first-order valence-electron chi connectivity index (χ1n) is 15.4. The van der Waals surface area contributed by atoms with Gasteiger partial charge in [-0.25, -0.2) is 4.79 Å². The largest absolute Gasteiger partial charge is 0.379 e. The zero-order valence-electron chi connectivity index (χ0n) is 25.3. The predicted octanol–water partition coefficient (Wildman–Crippen LogP) is 0.441. The van der Waals surface area contributed by atoms with E-state index in [0.717, 1.165) is 0 Å². The molecule has 3 heterocycles. The van der Waals surface area contributed by atoms with Gasteiger partial charge in [-0.3, -0.25) is 28.6 Å². The van der Waals surface area contributed by atoms with Crippen LogP contribution in [0.15, 0.2) is 23.0 Å². The molecular formula is C30H45N7O6. The minimum absolute atomic E-state index is 0.0280. The van der Waals surface area contributed by atoms with Crippen LogP contribution < -0.4 is 21.6 Å². The minimum atomic E-state index is -0.680. The molecule has 2 atom stereocenters. The molecule has 4 N–H and O–H groups in total. The molecular weight excluding hydrogens is 554 g/mol. The zero-order valence-corrected chi connectivity index (χ0v) is 25.3. The number of rotatable bonds is 4. The molecule has 1 fully saturated rings. The van der Waals surface area contributed by atoms with Gasteiger partial charge in [-0.1, -0.05) is 20.3 Å². The van der Waals surface area contributed by atoms with Crippen LogP contribution in [0, 0.1) is 5.92 Å². The standard InChI is InChI=1S/C30H45N7O6/c1-3-21(2)27-29(41)32-11-6-14-37-24-19-22(8-9-23(24)33-30(37)42)28(40)31-10-5-13-36(12-4-7-25(38)34-27)26(39)20-35-15-17-43-18-16-35/h8-9,19,21,27H,3-7,10-18,20H2,1-2H3,(H,31,40)(H,32,41)(H,33,42)(H,34,38)/t21-,27-/m0/s1. The van der Waals surface area contributed by atoms with Gasteiger partial charge in [-0.05, 0) is 43.4 Å². The highest BCUT2D eigenvalue weighted by atomic mass is 16.5. The van der Waals surface area contributed by atoms with E-state index in [1.54, 1.807) is 27.7 Å². The third kappa shape index (κ3) is 8.90. The number of hydrogen-bond donors (Lipinski definition) is 4. The van der Waals surface area contributed by atoms with E-state index in [1.165, 1.54) is 0 Å². The van der Waals surface area contributed by atoms with Gasteiger partial charge in [0.15, 0.2) is 0 Å². The minimum Gasteiger partial charge on any atom is -0.379 e.